The van der Waals surface area contributed by atoms with E-state index in [1.807, 2.05) is 0 Å². The molecule has 2 heterocycles. The molecular formula is C16H38N7+. The lowest BCUT2D eigenvalue weighted by Gasteiger charge is -2.45. The van der Waals surface area contributed by atoms with Crippen molar-refractivity contribution < 1.29 is 4.48 Å². The topological polar surface area (TPSA) is 82.6 Å². The van der Waals surface area contributed by atoms with E-state index >= 15 is 0 Å². The maximum Gasteiger partial charge on any atom is 0.0928 e. The summed E-state index contributed by atoms with van der Waals surface area (Å²) < 4.78 is 1.23. The van der Waals surface area contributed by atoms with Gasteiger partial charge in [-0.3, -0.25) is 4.90 Å². The number of piperazine rings is 2. The Morgan fingerprint density at radius 3 is 2.26 bits per heavy atom. The van der Waals surface area contributed by atoms with Gasteiger partial charge in [-0.25, -0.2) is 10.4 Å². The standard InChI is InChI=1S/C16H38N7/c17-3-1-8-21-11-15-23(16-12-21,13-2-4-18)14-7-20-22-9-5-19-6-10-22/h19-20H,1-18H2/q+1. The summed E-state index contributed by atoms with van der Waals surface area (Å²) >= 11 is 0. The average Bonchev–Trinajstić information content (AvgIpc) is 2.60. The van der Waals surface area contributed by atoms with Gasteiger partial charge in [0.15, 0.2) is 0 Å². The molecule has 2 aliphatic rings. The molecule has 0 aromatic heterocycles. The lowest BCUT2D eigenvalue weighted by Crippen LogP contribution is -2.63. The highest BCUT2D eigenvalue weighted by Gasteiger charge is 2.31. The van der Waals surface area contributed by atoms with Crippen molar-refractivity contribution in [2.75, 3.05) is 91.6 Å². The summed E-state index contributed by atoms with van der Waals surface area (Å²) in [4.78, 5) is 2.58. The van der Waals surface area contributed by atoms with Gasteiger partial charge in [-0.05, 0) is 26.1 Å². The number of rotatable bonds is 10. The number of nitrogens with zero attached hydrogens (tertiary/aromatic N) is 3. The van der Waals surface area contributed by atoms with Gasteiger partial charge in [0.25, 0.3) is 0 Å². The van der Waals surface area contributed by atoms with Gasteiger partial charge in [0.05, 0.1) is 32.7 Å². The van der Waals surface area contributed by atoms with Crippen LogP contribution in [0.25, 0.3) is 0 Å². The molecule has 2 aliphatic heterocycles. The van der Waals surface area contributed by atoms with Crippen LogP contribution in [-0.2, 0) is 0 Å². The van der Waals surface area contributed by atoms with E-state index in [1.54, 1.807) is 0 Å². The van der Waals surface area contributed by atoms with Crippen molar-refractivity contribution in [3.05, 3.63) is 0 Å². The van der Waals surface area contributed by atoms with Crippen LogP contribution in [0.4, 0.5) is 0 Å². The molecule has 136 valence electrons. The third-order valence-electron chi connectivity index (χ3n) is 5.33. The van der Waals surface area contributed by atoms with E-state index in [0.717, 1.165) is 65.2 Å². The first-order valence-electron chi connectivity index (χ1n) is 9.45. The van der Waals surface area contributed by atoms with Crippen LogP contribution in [0.15, 0.2) is 0 Å². The molecule has 0 atom stereocenters. The van der Waals surface area contributed by atoms with Gasteiger partial charge in [0.2, 0.25) is 0 Å². The highest BCUT2D eigenvalue weighted by molar-refractivity contribution is 4.67. The molecule has 0 radical (unpaired) electrons. The number of hydrazine groups is 1. The Bertz CT molecular complexity index is 299. The molecule has 0 unspecified atom stereocenters. The highest BCUT2D eigenvalue weighted by atomic mass is 15.5. The van der Waals surface area contributed by atoms with Crippen molar-refractivity contribution in [3.8, 4) is 0 Å². The van der Waals surface area contributed by atoms with Crippen LogP contribution in [0.5, 0.6) is 0 Å². The van der Waals surface area contributed by atoms with Crippen molar-refractivity contribution in [3.63, 3.8) is 0 Å². The molecular weight excluding hydrogens is 290 g/mol. The quantitative estimate of drug-likeness (QED) is 0.355. The Kier molecular flexibility index (Phi) is 8.74. The van der Waals surface area contributed by atoms with Crippen molar-refractivity contribution in [1.29, 1.82) is 0 Å². The first-order valence-corrected chi connectivity index (χ1v) is 9.45. The summed E-state index contributed by atoms with van der Waals surface area (Å²) in [7, 11) is 0. The van der Waals surface area contributed by atoms with Crippen LogP contribution in [0.2, 0.25) is 0 Å². The number of nitrogens with one attached hydrogen (secondary N) is 2. The van der Waals surface area contributed by atoms with Gasteiger partial charge in [-0.2, -0.15) is 0 Å². The minimum atomic E-state index is 0.804. The van der Waals surface area contributed by atoms with Gasteiger partial charge in [0.1, 0.15) is 0 Å². The van der Waals surface area contributed by atoms with Crippen LogP contribution in [-0.4, -0.2) is 106 Å². The summed E-state index contributed by atoms with van der Waals surface area (Å²) in [6.07, 6.45) is 2.25. The predicted octanol–water partition coefficient (Wildman–Crippen LogP) is -1.77. The summed E-state index contributed by atoms with van der Waals surface area (Å²) in [6.45, 7) is 15.6. The second kappa shape index (κ2) is 10.6. The van der Waals surface area contributed by atoms with E-state index in [4.69, 9.17) is 11.5 Å². The number of quaternary nitrogens is 1. The normalized spacial score (nSPS) is 23.2. The van der Waals surface area contributed by atoms with Gasteiger partial charge < -0.3 is 21.3 Å². The van der Waals surface area contributed by atoms with Crippen molar-refractivity contribution in [1.82, 2.24) is 20.7 Å². The third kappa shape index (κ3) is 6.62. The van der Waals surface area contributed by atoms with E-state index < -0.39 is 0 Å². The van der Waals surface area contributed by atoms with E-state index in [-0.39, 0.29) is 0 Å². The van der Waals surface area contributed by atoms with Gasteiger partial charge in [-0.1, -0.05) is 0 Å². The fourth-order valence-corrected chi connectivity index (χ4v) is 3.72. The summed E-state index contributed by atoms with van der Waals surface area (Å²) in [5, 5.41) is 5.77. The molecule has 6 N–H and O–H groups in total. The molecule has 23 heavy (non-hydrogen) atoms. The van der Waals surface area contributed by atoms with Crippen LogP contribution in [0, 0.1) is 0 Å². The average molecular weight is 329 g/mol. The Labute approximate surface area is 141 Å². The summed E-state index contributed by atoms with van der Waals surface area (Å²) in [5.74, 6) is 0. The van der Waals surface area contributed by atoms with Crippen LogP contribution in [0.1, 0.15) is 12.8 Å². The van der Waals surface area contributed by atoms with Crippen LogP contribution >= 0.6 is 0 Å². The minimum absolute atomic E-state index is 0.804. The van der Waals surface area contributed by atoms with E-state index in [9.17, 15) is 0 Å². The van der Waals surface area contributed by atoms with Crippen molar-refractivity contribution >= 4 is 0 Å². The zero-order valence-corrected chi connectivity index (χ0v) is 14.8. The lowest BCUT2D eigenvalue weighted by molar-refractivity contribution is -0.931. The molecule has 0 aliphatic carbocycles. The smallest absolute Gasteiger partial charge is 0.0928 e. The Morgan fingerprint density at radius 1 is 0.913 bits per heavy atom. The lowest BCUT2D eigenvalue weighted by atomic mass is 10.2. The van der Waals surface area contributed by atoms with E-state index in [0.29, 0.717) is 0 Å². The largest absolute Gasteiger partial charge is 0.330 e. The van der Waals surface area contributed by atoms with Crippen molar-refractivity contribution in [2.24, 2.45) is 11.5 Å². The van der Waals surface area contributed by atoms with Crippen molar-refractivity contribution in [2.45, 2.75) is 12.8 Å². The number of nitrogens with two attached hydrogens (primary N) is 2. The molecule has 0 bridgehead atoms. The maximum absolute atomic E-state index is 5.78. The first-order chi connectivity index (χ1) is 11.3. The maximum atomic E-state index is 5.78. The van der Waals surface area contributed by atoms with Gasteiger partial charge in [0, 0.05) is 45.7 Å². The molecule has 2 saturated heterocycles. The monoisotopic (exact) mass is 328 g/mol. The predicted molar refractivity (Wildman–Crippen MR) is 96.0 cm³/mol. The molecule has 7 nitrogen and oxygen atoms in total. The Morgan fingerprint density at radius 2 is 1.61 bits per heavy atom. The van der Waals surface area contributed by atoms with E-state index in [1.165, 1.54) is 43.8 Å². The molecule has 2 fully saturated rings. The highest BCUT2D eigenvalue weighted by Crippen LogP contribution is 2.14. The van der Waals surface area contributed by atoms with Gasteiger partial charge in [-0.15, -0.1) is 0 Å². The van der Waals surface area contributed by atoms with Crippen LogP contribution in [0.3, 0.4) is 0 Å². The number of hydrogen-bond donors (Lipinski definition) is 4. The fraction of sp³-hybridized carbons (Fsp3) is 1.00. The molecule has 7 heteroatoms. The van der Waals surface area contributed by atoms with E-state index in [2.05, 4.69) is 20.7 Å². The summed E-state index contributed by atoms with van der Waals surface area (Å²) in [6, 6.07) is 0. The Hall–Kier alpha value is -0.280. The summed E-state index contributed by atoms with van der Waals surface area (Å²) in [5.41, 5.74) is 15.0. The molecule has 2 rings (SSSR count). The molecule has 0 saturated carbocycles. The number of hydrogen-bond acceptors (Lipinski definition) is 6. The molecule has 0 amide bonds. The zero-order valence-electron chi connectivity index (χ0n) is 14.8. The first kappa shape index (κ1) is 19.1. The second-order valence-electron chi connectivity index (χ2n) is 7.01. The molecule has 0 aromatic rings. The third-order valence-corrected chi connectivity index (χ3v) is 5.33. The second-order valence-corrected chi connectivity index (χ2v) is 7.01. The fourth-order valence-electron chi connectivity index (χ4n) is 3.72. The SMILES string of the molecule is NCCCN1CC[N+](CCCN)(CCNN2CCNCC2)CC1. The molecule has 0 aromatic carbocycles. The zero-order chi connectivity index (χ0) is 16.4. The van der Waals surface area contributed by atoms with Gasteiger partial charge >= 0.3 is 0 Å². The molecule has 0 spiro atoms. The Balaban J connectivity index is 1.74. The van der Waals surface area contributed by atoms with Crippen LogP contribution < -0.4 is 22.2 Å². The minimum Gasteiger partial charge on any atom is -0.330 e.